The van der Waals surface area contributed by atoms with Gasteiger partial charge in [0.2, 0.25) is 0 Å². The van der Waals surface area contributed by atoms with Gasteiger partial charge in [0.25, 0.3) is 5.91 Å². The van der Waals surface area contributed by atoms with E-state index in [1.54, 1.807) is 44.4 Å². The zero-order chi connectivity index (χ0) is 21.2. The topological polar surface area (TPSA) is 83.1 Å². The zero-order valence-corrected chi connectivity index (χ0v) is 17.2. The predicted octanol–water partition coefficient (Wildman–Crippen LogP) is 3.60. The van der Waals surface area contributed by atoms with Crippen LogP contribution in [0.1, 0.15) is 29.8 Å². The van der Waals surface area contributed by atoms with Crippen molar-refractivity contribution in [3.05, 3.63) is 53.6 Å². The van der Waals surface area contributed by atoms with Crippen molar-refractivity contribution in [1.82, 2.24) is 0 Å². The number of hydrogen-bond acceptors (Lipinski definition) is 6. The molecule has 0 aliphatic heterocycles. The normalized spacial score (nSPS) is 11.4. The van der Waals surface area contributed by atoms with Crippen LogP contribution in [0.15, 0.2) is 42.5 Å². The third-order valence-corrected chi connectivity index (χ3v) is 4.04. The minimum absolute atomic E-state index is 0.182. The molecule has 0 bridgehead atoms. The summed E-state index contributed by atoms with van der Waals surface area (Å²) in [7, 11) is 1.55. The maximum atomic E-state index is 12.5. The quantitative estimate of drug-likeness (QED) is 0.484. The van der Waals surface area contributed by atoms with Gasteiger partial charge in [-0.15, -0.1) is 0 Å². The maximum absolute atomic E-state index is 12.5. The molecule has 1 N–H and O–H groups in total. The van der Waals surface area contributed by atoms with Crippen LogP contribution in [-0.4, -0.2) is 44.9 Å². The molecular weight excluding hydrogens is 374 g/mol. The molecule has 2 aromatic rings. The monoisotopic (exact) mass is 401 g/mol. The Morgan fingerprint density at radius 2 is 1.79 bits per heavy atom. The summed E-state index contributed by atoms with van der Waals surface area (Å²) in [6.07, 6.45) is -0.771. The van der Waals surface area contributed by atoms with Gasteiger partial charge in [0, 0.05) is 12.2 Å². The van der Waals surface area contributed by atoms with Gasteiger partial charge in [-0.25, -0.2) is 4.79 Å². The molecule has 7 nitrogen and oxygen atoms in total. The lowest BCUT2D eigenvalue weighted by Crippen LogP contribution is -2.27. The number of anilines is 1. The summed E-state index contributed by atoms with van der Waals surface area (Å²) in [5.41, 5.74) is 2.06. The molecule has 1 atom stereocenters. The average Bonchev–Trinajstić information content (AvgIpc) is 2.71. The van der Waals surface area contributed by atoms with E-state index in [9.17, 15) is 9.59 Å². The van der Waals surface area contributed by atoms with Crippen molar-refractivity contribution in [2.45, 2.75) is 26.9 Å². The number of nitrogens with one attached hydrogen (secondary N) is 1. The van der Waals surface area contributed by atoms with E-state index in [-0.39, 0.29) is 12.5 Å². The van der Waals surface area contributed by atoms with Gasteiger partial charge in [0.05, 0.1) is 19.4 Å². The lowest BCUT2D eigenvalue weighted by molar-refractivity contribution is -0.152. The van der Waals surface area contributed by atoms with E-state index in [0.29, 0.717) is 36.0 Å². The Hall–Kier alpha value is -3.06. The summed E-state index contributed by atoms with van der Waals surface area (Å²) < 4.78 is 21.0. The van der Waals surface area contributed by atoms with Crippen LogP contribution < -0.4 is 14.8 Å². The first kappa shape index (κ1) is 22.2. The van der Waals surface area contributed by atoms with Crippen LogP contribution in [0.25, 0.3) is 0 Å². The van der Waals surface area contributed by atoms with Crippen LogP contribution in [0.3, 0.4) is 0 Å². The predicted molar refractivity (Wildman–Crippen MR) is 110 cm³/mol. The second-order valence-electron chi connectivity index (χ2n) is 6.31. The fourth-order valence-electron chi connectivity index (χ4n) is 2.51. The van der Waals surface area contributed by atoms with Crippen LogP contribution in [0.4, 0.5) is 5.69 Å². The van der Waals surface area contributed by atoms with E-state index in [0.717, 1.165) is 5.56 Å². The van der Waals surface area contributed by atoms with Crippen molar-refractivity contribution in [3.8, 4) is 11.5 Å². The molecule has 0 heterocycles. The molecule has 0 aliphatic rings. The summed E-state index contributed by atoms with van der Waals surface area (Å²) >= 11 is 0. The minimum atomic E-state index is -0.771. The summed E-state index contributed by atoms with van der Waals surface area (Å²) in [5.74, 6) is 0.298. The first-order chi connectivity index (χ1) is 13.9. The van der Waals surface area contributed by atoms with E-state index < -0.39 is 12.1 Å². The molecule has 0 fully saturated rings. The summed E-state index contributed by atoms with van der Waals surface area (Å²) in [6, 6.07) is 12.1. The van der Waals surface area contributed by atoms with Gasteiger partial charge < -0.3 is 24.3 Å². The number of rotatable bonds is 10. The summed E-state index contributed by atoms with van der Waals surface area (Å²) in [4.78, 5) is 24.4. The molecule has 0 unspecified atom stereocenters. The Kier molecular flexibility index (Phi) is 8.48. The number of hydrogen-bond donors (Lipinski definition) is 1. The first-order valence-electron chi connectivity index (χ1n) is 9.41. The van der Waals surface area contributed by atoms with Crippen LogP contribution in [0, 0.1) is 6.92 Å². The first-order valence-corrected chi connectivity index (χ1v) is 9.41. The van der Waals surface area contributed by atoms with Gasteiger partial charge in [-0.3, -0.25) is 4.79 Å². The molecule has 7 heteroatoms. The largest absolute Gasteiger partial charge is 0.495 e. The molecule has 0 aliphatic carbocycles. The number of amides is 1. The molecule has 29 heavy (non-hydrogen) atoms. The van der Waals surface area contributed by atoms with Crippen molar-refractivity contribution in [2.24, 2.45) is 0 Å². The number of methoxy groups -OCH3 is 1. The molecule has 2 aromatic carbocycles. The van der Waals surface area contributed by atoms with Gasteiger partial charge in [-0.05, 0) is 62.7 Å². The van der Waals surface area contributed by atoms with E-state index in [1.807, 2.05) is 26.0 Å². The molecule has 0 aromatic heterocycles. The Morgan fingerprint density at radius 1 is 1.07 bits per heavy atom. The van der Waals surface area contributed by atoms with Crippen molar-refractivity contribution in [2.75, 3.05) is 32.2 Å². The van der Waals surface area contributed by atoms with Crippen LogP contribution in [-0.2, 0) is 14.3 Å². The third kappa shape index (κ3) is 6.80. The van der Waals surface area contributed by atoms with E-state index in [1.165, 1.54) is 0 Å². The lowest BCUT2D eigenvalue weighted by atomic mass is 10.1. The standard InChI is InChI=1S/C22H27NO6/c1-5-27-12-13-28-22(25)16(3)29-18-9-7-17(8-10-18)21(24)23-19-14-15(2)6-11-20(19)26-4/h6-11,14,16H,5,12-13H2,1-4H3,(H,23,24)/t16-/m0/s1. The zero-order valence-electron chi connectivity index (χ0n) is 17.2. The highest BCUT2D eigenvalue weighted by Gasteiger charge is 2.17. The van der Waals surface area contributed by atoms with Gasteiger partial charge >= 0.3 is 5.97 Å². The second kappa shape index (κ2) is 11.1. The average molecular weight is 401 g/mol. The summed E-state index contributed by atoms with van der Waals surface area (Å²) in [6.45, 7) is 6.51. The van der Waals surface area contributed by atoms with Crippen LogP contribution in [0.5, 0.6) is 11.5 Å². The van der Waals surface area contributed by atoms with Crippen LogP contribution >= 0.6 is 0 Å². The SMILES string of the molecule is CCOCCOC(=O)[C@H](C)Oc1ccc(C(=O)Nc2cc(C)ccc2OC)cc1. The number of aryl methyl sites for hydroxylation is 1. The Morgan fingerprint density at radius 3 is 2.45 bits per heavy atom. The van der Waals surface area contributed by atoms with E-state index in [4.69, 9.17) is 18.9 Å². The fourth-order valence-corrected chi connectivity index (χ4v) is 2.51. The third-order valence-electron chi connectivity index (χ3n) is 4.04. The Balaban J connectivity index is 1.93. The number of esters is 1. The molecule has 1 amide bonds. The lowest BCUT2D eigenvalue weighted by Gasteiger charge is -2.14. The van der Waals surface area contributed by atoms with Crippen LogP contribution in [0.2, 0.25) is 0 Å². The van der Waals surface area contributed by atoms with Gasteiger partial charge in [-0.2, -0.15) is 0 Å². The maximum Gasteiger partial charge on any atom is 0.347 e. The molecule has 0 saturated heterocycles. The fraction of sp³-hybridized carbons (Fsp3) is 0.364. The highest BCUT2D eigenvalue weighted by molar-refractivity contribution is 6.05. The van der Waals surface area contributed by atoms with Crippen molar-refractivity contribution in [1.29, 1.82) is 0 Å². The Labute approximate surface area is 170 Å². The molecule has 0 spiro atoms. The second-order valence-corrected chi connectivity index (χ2v) is 6.31. The number of carbonyl (C=O) groups excluding carboxylic acids is 2. The van der Waals surface area contributed by atoms with Gasteiger partial charge in [-0.1, -0.05) is 6.07 Å². The molecule has 2 rings (SSSR count). The minimum Gasteiger partial charge on any atom is -0.495 e. The Bertz CT molecular complexity index is 819. The van der Waals surface area contributed by atoms with Crippen molar-refractivity contribution >= 4 is 17.6 Å². The highest BCUT2D eigenvalue weighted by atomic mass is 16.6. The molecular formula is C22H27NO6. The highest BCUT2D eigenvalue weighted by Crippen LogP contribution is 2.26. The summed E-state index contributed by atoms with van der Waals surface area (Å²) in [5, 5.41) is 2.84. The van der Waals surface area contributed by atoms with Crippen molar-refractivity contribution < 1.29 is 28.5 Å². The van der Waals surface area contributed by atoms with Gasteiger partial charge in [0.1, 0.15) is 18.1 Å². The van der Waals surface area contributed by atoms with E-state index >= 15 is 0 Å². The molecule has 0 saturated carbocycles. The molecule has 156 valence electrons. The number of carbonyl (C=O) groups is 2. The van der Waals surface area contributed by atoms with E-state index in [2.05, 4.69) is 5.32 Å². The number of ether oxygens (including phenoxy) is 4. The van der Waals surface area contributed by atoms with Crippen molar-refractivity contribution in [3.63, 3.8) is 0 Å². The molecule has 0 radical (unpaired) electrons. The van der Waals surface area contributed by atoms with Gasteiger partial charge in [0.15, 0.2) is 6.10 Å². The number of benzene rings is 2. The smallest absolute Gasteiger partial charge is 0.347 e.